The highest BCUT2D eigenvalue weighted by Gasteiger charge is 2.10. The zero-order chi connectivity index (χ0) is 16.9. The van der Waals surface area contributed by atoms with Crippen LogP contribution >= 0.6 is 23.1 Å². The van der Waals surface area contributed by atoms with Gasteiger partial charge in [0, 0.05) is 23.9 Å². The Bertz CT molecular complexity index is 844. The van der Waals surface area contributed by atoms with Crippen LogP contribution < -0.4 is 14.8 Å². The summed E-state index contributed by atoms with van der Waals surface area (Å²) in [7, 11) is 3.13. The van der Waals surface area contributed by atoms with Crippen molar-refractivity contribution in [3.63, 3.8) is 0 Å². The lowest BCUT2D eigenvalue weighted by atomic mass is 10.2. The Morgan fingerprint density at radius 3 is 2.67 bits per heavy atom. The third-order valence-electron chi connectivity index (χ3n) is 3.19. The molecule has 1 N–H and O–H groups in total. The summed E-state index contributed by atoms with van der Waals surface area (Å²) in [6.45, 7) is 0. The zero-order valence-electron chi connectivity index (χ0n) is 13.1. The Morgan fingerprint density at radius 1 is 1.21 bits per heavy atom. The van der Waals surface area contributed by atoms with Crippen molar-refractivity contribution < 1.29 is 14.3 Å². The Balaban J connectivity index is 1.67. The van der Waals surface area contributed by atoms with E-state index in [-0.39, 0.29) is 11.7 Å². The lowest BCUT2D eigenvalue weighted by Crippen LogP contribution is -2.14. The fourth-order valence-corrected chi connectivity index (χ4v) is 3.83. The molecule has 2 heterocycles. The molecule has 0 atom stereocenters. The van der Waals surface area contributed by atoms with Crippen molar-refractivity contribution in [3.8, 4) is 11.5 Å². The SMILES string of the molecule is COc1cc(NC(=O)CSc2ncnc3ccsc23)cc(OC)c1. The number of amides is 1. The molecule has 0 spiro atoms. The standard InChI is InChI=1S/C16H15N3O3S2/c1-21-11-5-10(6-12(7-11)22-2)19-14(20)8-24-16-15-13(3-4-23-15)17-9-18-16/h3-7,9H,8H2,1-2H3,(H,19,20). The molecule has 24 heavy (non-hydrogen) atoms. The molecule has 0 radical (unpaired) electrons. The maximum absolute atomic E-state index is 12.2. The summed E-state index contributed by atoms with van der Waals surface area (Å²) < 4.78 is 11.4. The summed E-state index contributed by atoms with van der Waals surface area (Å²) in [4.78, 5) is 20.7. The highest BCUT2D eigenvalue weighted by Crippen LogP contribution is 2.29. The number of rotatable bonds is 6. The number of anilines is 1. The third kappa shape index (κ3) is 3.77. The van der Waals surface area contributed by atoms with E-state index in [1.165, 1.54) is 18.1 Å². The smallest absolute Gasteiger partial charge is 0.234 e. The largest absolute Gasteiger partial charge is 0.497 e. The van der Waals surface area contributed by atoms with Gasteiger partial charge in [-0.25, -0.2) is 9.97 Å². The van der Waals surface area contributed by atoms with Crippen molar-refractivity contribution in [2.75, 3.05) is 25.3 Å². The molecule has 6 nitrogen and oxygen atoms in total. The van der Waals surface area contributed by atoms with E-state index in [0.29, 0.717) is 17.2 Å². The van der Waals surface area contributed by atoms with Crippen LogP contribution in [0.25, 0.3) is 10.2 Å². The molecular weight excluding hydrogens is 346 g/mol. The Labute approximate surface area is 147 Å². The van der Waals surface area contributed by atoms with E-state index in [4.69, 9.17) is 9.47 Å². The number of ether oxygens (including phenoxy) is 2. The van der Waals surface area contributed by atoms with E-state index in [9.17, 15) is 4.79 Å². The minimum atomic E-state index is -0.126. The normalized spacial score (nSPS) is 10.6. The predicted molar refractivity (Wildman–Crippen MR) is 96.3 cm³/mol. The van der Waals surface area contributed by atoms with E-state index in [1.807, 2.05) is 11.4 Å². The fourth-order valence-electron chi connectivity index (χ4n) is 2.08. The number of nitrogens with zero attached hydrogens (tertiary/aromatic N) is 2. The van der Waals surface area contributed by atoms with Gasteiger partial charge in [0.05, 0.1) is 30.2 Å². The second-order valence-corrected chi connectivity index (χ2v) is 6.63. The number of thiophene rings is 1. The van der Waals surface area contributed by atoms with Crippen molar-refractivity contribution in [1.29, 1.82) is 0 Å². The van der Waals surface area contributed by atoms with Crippen LogP contribution in [0.5, 0.6) is 11.5 Å². The van der Waals surface area contributed by atoms with Gasteiger partial charge in [0.15, 0.2) is 0 Å². The van der Waals surface area contributed by atoms with Crippen molar-refractivity contribution in [2.24, 2.45) is 0 Å². The lowest BCUT2D eigenvalue weighted by molar-refractivity contribution is -0.113. The number of hydrogen-bond acceptors (Lipinski definition) is 7. The molecule has 8 heteroatoms. The molecule has 1 aromatic carbocycles. The average molecular weight is 361 g/mol. The summed E-state index contributed by atoms with van der Waals surface area (Å²) in [6, 6.07) is 7.17. The van der Waals surface area contributed by atoms with Gasteiger partial charge >= 0.3 is 0 Å². The van der Waals surface area contributed by atoms with Crippen molar-refractivity contribution in [1.82, 2.24) is 9.97 Å². The number of methoxy groups -OCH3 is 2. The second-order valence-electron chi connectivity index (χ2n) is 4.75. The monoisotopic (exact) mass is 361 g/mol. The van der Waals surface area contributed by atoms with E-state index in [0.717, 1.165) is 15.2 Å². The molecule has 3 aromatic rings. The Morgan fingerprint density at radius 2 is 1.96 bits per heavy atom. The van der Waals surface area contributed by atoms with Crippen LogP contribution in [0.2, 0.25) is 0 Å². The van der Waals surface area contributed by atoms with E-state index in [2.05, 4.69) is 15.3 Å². The molecule has 0 fully saturated rings. The average Bonchev–Trinajstić information content (AvgIpc) is 3.08. The van der Waals surface area contributed by atoms with Gasteiger partial charge in [-0.1, -0.05) is 11.8 Å². The highest BCUT2D eigenvalue weighted by molar-refractivity contribution is 8.00. The van der Waals surface area contributed by atoms with Crippen LogP contribution in [0, 0.1) is 0 Å². The number of hydrogen-bond donors (Lipinski definition) is 1. The van der Waals surface area contributed by atoms with Crippen LogP contribution in [0.1, 0.15) is 0 Å². The number of benzene rings is 1. The van der Waals surface area contributed by atoms with Gasteiger partial charge in [0.1, 0.15) is 22.9 Å². The summed E-state index contributed by atoms with van der Waals surface area (Å²) in [5, 5.41) is 5.62. The minimum absolute atomic E-state index is 0.126. The van der Waals surface area contributed by atoms with Gasteiger partial charge in [-0.05, 0) is 11.4 Å². The van der Waals surface area contributed by atoms with Crippen molar-refractivity contribution >= 4 is 44.9 Å². The molecule has 0 bridgehead atoms. The van der Waals surface area contributed by atoms with Crippen LogP contribution in [0.15, 0.2) is 41.0 Å². The number of aromatic nitrogens is 2. The summed E-state index contributed by atoms with van der Waals surface area (Å²) in [6.07, 6.45) is 1.52. The topological polar surface area (TPSA) is 73.3 Å². The first kappa shape index (κ1) is 16.5. The first-order valence-corrected chi connectivity index (χ1v) is 8.90. The number of carbonyl (C=O) groups is 1. The summed E-state index contributed by atoms with van der Waals surface area (Å²) >= 11 is 2.96. The number of thioether (sulfide) groups is 1. The summed E-state index contributed by atoms with van der Waals surface area (Å²) in [5.41, 5.74) is 1.52. The molecular formula is C16H15N3O3S2. The molecule has 1 amide bonds. The molecule has 124 valence electrons. The Hall–Kier alpha value is -2.32. The quantitative estimate of drug-likeness (QED) is 0.536. The maximum atomic E-state index is 12.2. The number of fused-ring (bicyclic) bond motifs is 1. The van der Waals surface area contributed by atoms with Crippen molar-refractivity contribution in [3.05, 3.63) is 36.0 Å². The first-order valence-electron chi connectivity index (χ1n) is 7.03. The fraction of sp³-hybridized carbons (Fsp3) is 0.188. The van der Waals surface area contributed by atoms with Gasteiger partial charge in [-0.15, -0.1) is 11.3 Å². The van der Waals surface area contributed by atoms with Gasteiger partial charge < -0.3 is 14.8 Å². The zero-order valence-corrected chi connectivity index (χ0v) is 14.7. The lowest BCUT2D eigenvalue weighted by Gasteiger charge is -2.09. The predicted octanol–water partition coefficient (Wildman–Crippen LogP) is 3.44. The van der Waals surface area contributed by atoms with Gasteiger partial charge in [-0.3, -0.25) is 4.79 Å². The summed E-state index contributed by atoms with van der Waals surface area (Å²) in [5.74, 6) is 1.37. The Kier molecular flexibility index (Phi) is 5.17. The molecule has 0 aliphatic heterocycles. The van der Waals surface area contributed by atoms with Gasteiger partial charge in [-0.2, -0.15) is 0 Å². The molecule has 0 unspecified atom stereocenters. The highest BCUT2D eigenvalue weighted by atomic mass is 32.2. The first-order chi connectivity index (χ1) is 11.7. The van der Waals surface area contributed by atoms with Crippen LogP contribution in [0.4, 0.5) is 5.69 Å². The number of nitrogens with one attached hydrogen (secondary N) is 1. The molecule has 0 aliphatic rings. The molecule has 3 rings (SSSR count). The van der Waals surface area contributed by atoms with Gasteiger partial charge in [0.25, 0.3) is 0 Å². The molecule has 2 aromatic heterocycles. The van der Waals surface area contributed by atoms with Crippen LogP contribution in [0.3, 0.4) is 0 Å². The molecule has 0 saturated heterocycles. The maximum Gasteiger partial charge on any atom is 0.234 e. The molecule has 0 aliphatic carbocycles. The second kappa shape index (κ2) is 7.50. The third-order valence-corrected chi connectivity index (χ3v) is 5.21. The van der Waals surface area contributed by atoms with Crippen LogP contribution in [-0.2, 0) is 4.79 Å². The van der Waals surface area contributed by atoms with Gasteiger partial charge in [0.2, 0.25) is 5.91 Å². The number of carbonyl (C=O) groups excluding carboxylic acids is 1. The van der Waals surface area contributed by atoms with Crippen molar-refractivity contribution in [2.45, 2.75) is 5.03 Å². The van der Waals surface area contributed by atoms with E-state index >= 15 is 0 Å². The molecule has 0 saturated carbocycles. The van der Waals surface area contributed by atoms with E-state index < -0.39 is 0 Å². The minimum Gasteiger partial charge on any atom is -0.497 e. The van der Waals surface area contributed by atoms with E-state index in [1.54, 1.807) is 43.8 Å². The van der Waals surface area contributed by atoms with Crippen LogP contribution in [-0.4, -0.2) is 35.8 Å².